The summed E-state index contributed by atoms with van der Waals surface area (Å²) in [6.45, 7) is 4.27. The van der Waals surface area contributed by atoms with Crippen LogP contribution in [0.5, 0.6) is 0 Å². The van der Waals surface area contributed by atoms with Crippen LogP contribution in [-0.4, -0.2) is 5.78 Å². The molecule has 3 heteroatoms. The lowest BCUT2D eigenvalue weighted by atomic mass is 9.96. The summed E-state index contributed by atoms with van der Waals surface area (Å²) in [4.78, 5) is 12.9. The molecule has 0 aliphatic carbocycles. The Morgan fingerprint density at radius 3 is 1.89 bits per heavy atom. The second-order valence-electron chi connectivity index (χ2n) is 6.98. The van der Waals surface area contributed by atoms with Gasteiger partial charge in [0.2, 0.25) is 0 Å². The topological polar surface area (TPSA) is 29.1 Å². The fraction of sp³-hybridized carbons (Fsp3) is 0.240. The van der Waals surface area contributed by atoms with Gasteiger partial charge >= 0.3 is 0 Å². The van der Waals surface area contributed by atoms with Gasteiger partial charge in [0.05, 0.1) is 6.04 Å². The van der Waals surface area contributed by atoms with Gasteiger partial charge in [-0.15, -0.1) is 0 Å². The average molecular weight is 483 g/mol. The fourth-order valence-electron chi connectivity index (χ4n) is 3.21. The molecule has 0 unspecified atom stereocenters. The lowest BCUT2D eigenvalue weighted by Gasteiger charge is -2.20. The van der Waals surface area contributed by atoms with Crippen LogP contribution in [-0.2, 0) is 12.8 Å². The molecule has 0 heterocycles. The number of rotatable bonds is 8. The number of anilines is 1. The number of ketones is 1. The van der Waals surface area contributed by atoms with E-state index in [0.717, 1.165) is 29.7 Å². The Balaban J connectivity index is 1.82. The van der Waals surface area contributed by atoms with Crippen molar-refractivity contribution in [3.8, 4) is 0 Å². The normalized spacial score (nSPS) is 11.8. The Kier molecular flexibility index (Phi) is 7.26. The predicted molar refractivity (Wildman–Crippen MR) is 126 cm³/mol. The minimum Gasteiger partial charge on any atom is -0.378 e. The number of carbonyl (C=O) groups is 1. The molecule has 0 bridgehead atoms. The molecule has 1 atom stereocenters. The molecule has 28 heavy (non-hydrogen) atoms. The van der Waals surface area contributed by atoms with E-state index in [1.807, 2.05) is 24.3 Å². The Morgan fingerprint density at radius 1 is 0.821 bits per heavy atom. The van der Waals surface area contributed by atoms with E-state index in [1.165, 1.54) is 14.7 Å². The summed E-state index contributed by atoms with van der Waals surface area (Å²) in [7, 11) is 0. The Labute approximate surface area is 181 Å². The third-order valence-corrected chi connectivity index (χ3v) is 5.77. The monoisotopic (exact) mass is 483 g/mol. The van der Waals surface area contributed by atoms with Gasteiger partial charge in [0, 0.05) is 21.2 Å². The van der Waals surface area contributed by atoms with Crippen molar-refractivity contribution >= 4 is 34.1 Å². The molecule has 3 aromatic rings. The van der Waals surface area contributed by atoms with E-state index in [4.69, 9.17) is 0 Å². The molecule has 0 aliphatic heterocycles. The first kappa shape index (κ1) is 20.6. The molecule has 0 aromatic heterocycles. The van der Waals surface area contributed by atoms with Crippen LogP contribution in [0.2, 0.25) is 0 Å². The maximum atomic E-state index is 12.9. The highest BCUT2D eigenvalue weighted by Crippen LogP contribution is 2.26. The van der Waals surface area contributed by atoms with Crippen LogP contribution < -0.4 is 5.32 Å². The van der Waals surface area contributed by atoms with Crippen molar-refractivity contribution in [1.29, 1.82) is 0 Å². The van der Waals surface area contributed by atoms with E-state index in [1.54, 1.807) is 0 Å². The van der Waals surface area contributed by atoms with Gasteiger partial charge in [0.25, 0.3) is 0 Å². The molecule has 0 aliphatic rings. The van der Waals surface area contributed by atoms with Gasteiger partial charge in [0.15, 0.2) is 5.78 Å². The van der Waals surface area contributed by atoms with Crippen LogP contribution in [0.4, 0.5) is 5.69 Å². The second-order valence-corrected chi connectivity index (χ2v) is 8.22. The number of carbonyl (C=O) groups excluding carboxylic acids is 1. The van der Waals surface area contributed by atoms with Gasteiger partial charge < -0.3 is 5.32 Å². The van der Waals surface area contributed by atoms with E-state index in [9.17, 15) is 4.79 Å². The first-order valence-corrected chi connectivity index (χ1v) is 10.9. The molecule has 0 spiro atoms. The first-order valence-electron chi connectivity index (χ1n) is 9.82. The number of halogens is 1. The van der Waals surface area contributed by atoms with E-state index >= 15 is 0 Å². The Hall–Kier alpha value is -2.14. The van der Waals surface area contributed by atoms with Gasteiger partial charge in [-0.1, -0.05) is 62.4 Å². The lowest BCUT2D eigenvalue weighted by Crippen LogP contribution is -2.16. The lowest BCUT2D eigenvalue weighted by molar-refractivity contribution is 0.0976. The Bertz CT molecular complexity index is 899. The molecule has 0 amide bonds. The highest BCUT2D eigenvalue weighted by Gasteiger charge is 2.17. The van der Waals surface area contributed by atoms with Crippen LogP contribution in [0.25, 0.3) is 0 Å². The average Bonchev–Trinajstić information content (AvgIpc) is 2.74. The van der Waals surface area contributed by atoms with E-state index < -0.39 is 0 Å². The minimum absolute atomic E-state index is 0.0668. The number of nitrogens with one attached hydrogen (secondary N) is 1. The van der Waals surface area contributed by atoms with Crippen molar-refractivity contribution in [2.45, 2.75) is 39.2 Å². The van der Waals surface area contributed by atoms with Crippen molar-refractivity contribution in [2.24, 2.45) is 0 Å². The van der Waals surface area contributed by atoms with Crippen molar-refractivity contribution in [1.82, 2.24) is 0 Å². The summed E-state index contributed by atoms with van der Waals surface area (Å²) < 4.78 is 1.19. The zero-order valence-electron chi connectivity index (χ0n) is 16.4. The largest absolute Gasteiger partial charge is 0.378 e. The fourth-order valence-corrected chi connectivity index (χ4v) is 3.57. The maximum absolute atomic E-state index is 12.9. The van der Waals surface area contributed by atoms with Crippen LogP contribution in [0.1, 0.15) is 53.4 Å². The van der Waals surface area contributed by atoms with Crippen molar-refractivity contribution in [2.75, 3.05) is 5.32 Å². The molecule has 3 aromatic carbocycles. The number of Topliss-reactive ketones (excluding diaryl/α,β-unsaturated/α-hetero) is 1. The minimum atomic E-state index is -0.0668. The molecular weight excluding hydrogens is 457 g/mol. The zero-order valence-corrected chi connectivity index (χ0v) is 18.6. The molecular formula is C25H26INO. The van der Waals surface area contributed by atoms with Gasteiger partial charge in [0.1, 0.15) is 0 Å². The summed E-state index contributed by atoms with van der Waals surface area (Å²) in [5.74, 6) is 0.156. The molecule has 144 valence electrons. The quantitative estimate of drug-likeness (QED) is 0.281. The van der Waals surface area contributed by atoms with Crippen molar-refractivity contribution in [3.63, 3.8) is 0 Å². The molecule has 0 fully saturated rings. The Morgan fingerprint density at radius 2 is 1.36 bits per heavy atom. The number of aryl methyl sites for hydroxylation is 2. The summed E-state index contributed by atoms with van der Waals surface area (Å²) in [6.07, 6.45) is 2.42. The second kappa shape index (κ2) is 9.87. The molecule has 3 rings (SSSR count). The van der Waals surface area contributed by atoms with Crippen LogP contribution in [0.3, 0.4) is 0 Å². The van der Waals surface area contributed by atoms with Crippen molar-refractivity contribution in [3.05, 3.63) is 98.6 Å². The summed E-state index contributed by atoms with van der Waals surface area (Å²) in [5, 5.41) is 3.57. The predicted octanol–water partition coefficient (Wildman–Crippen LogP) is 6.84. The van der Waals surface area contributed by atoms with Crippen LogP contribution >= 0.6 is 22.6 Å². The van der Waals surface area contributed by atoms with E-state index in [2.05, 4.69) is 90.3 Å². The van der Waals surface area contributed by atoms with E-state index in [0.29, 0.717) is 6.42 Å². The van der Waals surface area contributed by atoms with Crippen LogP contribution in [0, 0.1) is 3.57 Å². The molecule has 1 N–H and O–H groups in total. The summed E-state index contributed by atoms with van der Waals surface area (Å²) in [5.41, 5.74) is 5.49. The third-order valence-electron chi connectivity index (χ3n) is 5.05. The van der Waals surface area contributed by atoms with E-state index in [-0.39, 0.29) is 11.8 Å². The SMILES string of the molecule is CCc1ccc(N[C@@H](CC(=O)c2ccc(CC)cc2)c2ccc(I)cc2)cc1. The zero-order chi connectivity index (χ0) is 19.9. The third kappa shape index (κ3) is 5.44. The smallest absolute Gasteiger partial charge is 0.165 e. The molecule has 2 nitrogen and oxygen atoms in total. The molecule has 0 saturated carbocycles. The summed E-state index contributed by atoms with van der Waals surface area (Å²) in [6, 6.07) is 24.8. The molecule has 0 saturated heterocycles. The number of hydrogen-bond donors (Lipinski definition) is 1. The number of hydrogen-bond acceptors (Lipinski definition) is 2. The first-order chi connectivity index (χ1) is 13.6. The van der Waals surface area contributed by atoms with Gasteiger partial charge in [-0.3, -0.25) is 4.79 Å². The van der Waals surface area contributed by atoms with Gasteiger partial charge in [-0.2, -0.15) is 0 Å². The summed E-state index contributed by atoms with van der Waals surface area (Å²) >= 11 is 2.31. The van der Waals surface area contributed by atoms with Crippen LogP contribution in [0.15, 0.2) is 72.8 Å². The highest BCUT2D eigenvalue weighted by molar-refractivity contribution is 14.1. The molecule has 0 radical (unpaired) electrons. The van der Waals surface area contributed by atoms with Gasteiger partial charge in [-0.05, 0) is 76.4 Å². The van der Waals surface area contributed by atoms with Crippen molar-refractivity contribution < 1.29 is 4.79 Å². The standard InChI is InChI=1S/C25H26INO/c1-3-18-5-9-21(10-6-18)25(28)17-24(20-11-13-22(26)14-12-20)27-23-15-7-19(4-2)8-16-23/h5-16,24,27H,3-4,17H2,1-2H3/t24-/m0/s1. The maximum Gasteiger partial charge on any atom is 0.165 e. The van der Waals surface area contributed by atoms with Gasteiger partial charge in [-0.25, -0.2) is 0 Å². The number of benzene rings is 3. The highest BCUT2D eigenvalue weighted by atomic mass is 127.